The summed E-state index contributed by atoms with van der Waals surface area (Å²) < 4.78 is 16.3. The molecule has 0 saturated carbocycles. The summed E-state index contributed by atoms with van der Waals surface area (Å²) in [7, 11) is 0. The summed E-state index contributed by atoms with van der Waals surface area (Å²) in [6.45, 7) is 2.11. The molecule has 0 atom stereocenters. The fraction of sp³-hybridized carbons (Fsp3) is 0.0769. The Morgan fingerprint density at radius 1 is 0.912 bits per heavy atom. The topological polar surface area (TPSA) is 99.4 Å². The molecule has 2 aromatic heterocycles. The highest BCUT2D eigenvalue weighted by atomic mass is 16.5. The molecule has 5 rings (SSSR count). The SMILES string of the molecule is CCOC(=O)c1ccc(Oc2ccc(Nc3ncnc4onc(-c5ccccc5)c34)cc2)cc1. The second-order valence-corrected chi connectivity index (χ2v) is 7.30. The third-order valence-corrected chi connectivity index (χ3v) is 5.04. The van der Waals surface area contributed by atoms with Gasteiger partial charge in [-0.25, -0.2) is 9.78 Å². The Morgan fingerprint density at radius 3 is 2.32 bits per heavy atom. The zero-order valence-electron chi connectivity index (χ0n) is 18.3. The quantitative estimate of drug-likeness (QED) is 0.300. The number of nitrogens with zero attached hydrogens (tertiary/aromatic N) is 3. The number of fused-ring (bicyclic) bond motifs is 1. The standard InChI is InChI=1S/C26H20N4O4/c1-2-32-26(31)18-8-12-20(13-9-18)33-21-14-10-19(11-15-21)29-24-22-23(17-6-4-3-5-7-17)30-34-25(22)28-16-27-24/h3-16H,2H2,1H3,(H,27,28,29). The molecule has 3 aromatic carbocycles. The van der Waals surface area contributed by atoms with Crippen LogP contribution in [0.3, 0.4) is 0 Å². The molecule has 5 aromatic rings. The zero-order chi connectivity index (χ0) is 23.3. The van der Waals surface area contributed by atoms with E-state index in [9.17, 15) is 4.79 Å². The number of ether oxygens (including phenoxy) is 2. The summed E-state index contributed by atoms with van der Waals surface area (Å²) in [5.74, 6) is 1.50. The van der Waals surface area contributed by atoms with Gasteiger partial charge in [-0.2, -0.15) is 4.98 Å². The van der Waals surface area contributed by atoms with Gasteiger partial charge < -0.3 is 19.3 Å². The van der Waals surface area contributed by atoms with Gasteiger partial charge in [0.15, 0.2) is 0 Å². The lowest BCUT2D eigenvalue weighted by molar-refractivity contribution is 0.0526. The number of benzene rings is 3. The van der Waals surface area contributed by atoms with Crippen molar-refractivity contribution in [3.63, 3.8) is 0 Å². The summed E-state index contributed by atoms with van der Waals surface area (Å²) in [6, 6.07) is 24.0. The van der Waals surface area contributed by atoms with Gasteiger partial charge in [-0.05, 0) is 55.5 Å². The number of aromatic nitrogens is 3. The van der Waals surface area contributed by atoms with Crippen molar-refractivity contribution in [2.24, 2.45) is 0 Å². The van der Waals surface area contributed by atoms with Crippen LogP contribution in [-0.4, -0.2) is 27.7 Å². The third kappa shape index (κ3) is 4.42. The number of nitrogens with one attached hydrogen (secondary N) is 1. The van der Waals surface area contributed by atoms with Gasteiger partial charge in [-0.1, -0.05) is 35.5 Å². The summed E-state index contributed by atoms with van der Waals surface area (Å²) in [5.41, 5.74) is 3.28. The molecule has 0 saturated heterocycles. The van der Waals surface area contributed by atoms with E-state index in [1.807, 2.05) is 54.6 Å². The van der Waals surface area contributed by atoms with E-state index in [0.29, 0.717) is 46.3 Å². The minimum absolute atomic E-state index is 0.336. The van der Waals surface area contributed by atoms with Crippen LogP contribution in [0.1, 0.15) is 17.3 Å². The Labute approximate surface area is 195 Å². The number of carbonyl (C=O) groups is 1. The summed E-state index contributed by atoms with van der Waals surface area (Å²) >= 11 is 0. The highest BCUT2D eigenvalue weighted by Crippen LogP contribution is 2.33. The van der Waals surface area contributed by atoms with Crippen LogP contribution >= 0.6 is 0 Å². The van der Waals surface area contributed by atoms with Crippen LogP contribution in [-0.2, 0) is 4.74 Å². The van der Waals surface area contributed by atoms with Crippen LogP contribution in [0.5, 0.6) is 11.5 Å². The first-order valence-corrected chi connectivity index (χ1v) is 10.7. The molecule has 0 amide bonds. The van der Waals surface area contributed by atoms with Crippen LogP contribution in [0.2, 0.25) is 0 Å². The van der Waals surface area contributed by atoms with Crippen molar-refractivity contribution in [3.05, 3.63) is 90.8 Å². The number of rotatable bonds is 7. The Bertz CT molecular complexity index is 1420. The highest BCUT2D eigenvalue weighted by molar-refractivity contribution is 5.98. The number of anilines is 2. The van der Waals surface area contributed by atoms with Crippen molar-refractivity contribution in [1.82, 2.24) is 15.1 Å². The maximum absolute atomic E-state index is 11.8. The van der Waals surface area contributed by atoms with Crippen LogP contribution in [0.15, 0.2) is 89.7 Å². The van der Waals surface area contributed by atoms with Crippen molar-refractivity contribution in [2.75, 3.05) is 11.9 Å². The Morgan fingerprint density at radius 2 is 1.62 bits per heavy atom. The Kier molecular flexibility index (Phi) is 5.85. The smallest absolute Gasteiger partial charge is 0.338 e. The van der Waals surface area contributed by atoms with Crippen LogP contribution < -0.4 is 10.1 Å². The zero-order valence-corrected chi connectivity index (χ0v) is 18.3. The third-order valence-electron chi connectivity index (χ3n) is 5.04. The van der Waals surface area contributed by atoms with Gasteiger partial charge in [0, 0.05) is 11.3 Å². The normalized spacial score (nSPS) is 10.7. The molecule has 0 bridgehead atoms. The molecule has 0 fully saturated rings. The predicted octanol–water partition coefficient (Wildman–Crippen LogP) is 6.00. The lowest BCUT2D eigenvalue weighted by Gasteiger charge is -2.09. The van der Waals surface area contributed by atoms with Crippen molar-refractivity contribution in [2.45, 2.75) is 6.92 Å². The molecule has 168 valence electrons. The molecule has 8 heteroatoms. The second kappa shape index (κ2) is 9.41. The minimum atomic E-state index is -0.355. The lowest BCUT2D eigenvalue weighted by Crippen LogP contribution is -2.03. The summed E-state index contributed by atoms with van der Waals surface area (Å²) in [5, 5.41) is 8.20. The van der Waals surface area contributed by atoms with Gasteiger partial charge in [0.25, 0.3) is 5.71 Å². The van der Waals surface area contributed by atoms with E-state index in [4.69, 9.17) is 14.0 Å². The van der Waals surface area contributed by atoms with E-state index in [2.05, 4.69) is 20.4 Å². The highest BCUT2D eigenvalue weighted by Gasteiger charge is 2.17. The van der Waals surface area contributed by atoms with E-state index in [0.717, 1.165) is 11.3 Å². The van der Waals surface area contributed by atoms with Crippen molar-refractivity contribution in [1.29, 1.82) is 0 Å². The molecule has 0 spiro atoms. The molecule has 2 heterocycles. The lowest BCUT2D eigenvalue weighted by atomic mass is 10.1. The van der Waals surface area contributed by atoms with Gasteiger partial charge in [0.05, 0.1) is 12.2 Å². The molecule has 0 aliphatic carbocycles. The summed E-state index contributed by atoms with van der Waals surface area (Å²) in [4.78, 5) is 20.4. The van der Waals surface area contributed by atoms with E-state index < -0.39 is 0 Å². The maximum Gasteiger partial charge on any atom is 0.338 e. The van der Waals surface area contributed by atoms with E-state index >= 15 is 0 Å². The molecule has 34 heavy (non-hydrogen) atoms. The van der Waals surface area contributed by atoms with Crippen LogP contribution in [0.4, 0.5) is 11.5 Å². The first kappa shape index (κ1) is 21.1. The van der Waals surface area contributed by atoms with Crippen molar-refractivity contribution < 1.29 is 18.8 Å². The monoisotopic (exact) mass is 452 g/mol. The number of esters is 1. The minimum Gasteiger partial charge on any atom is -0.462 e. The molecule has 0 aliphatic heterocycles. The van der Waals surface area contributed by atoms with Crippen LogP contribution in [0.25, 0.3) is 22.4 Å². The van der Waals surface area contributed by atoms with Crippen LogP contribution in [0, 0.1) is 0 Å². The molecular formula is C26H20N4O4. The first-order chi connectivity index (χ1) is 16.7. The first-order valence-electron chi connectivity index (χ1n) is 10.7. The fourth-order valence-corrected chi connectivity index (χ4v) is 3.43. The fourth-order valence-electron chi connectivity index (χ4n) is 3.43. The maximum atomic E-state index is 11.8. The van der Waals surface area contributed by atoms with Gasteiger partial charge >= 0.3 is 5.97 Å². The summed E-state index contributed by atoms with van der Waals surface area (Å²) in [6.07, 6.45) is 1.43. The molecular weight excluding hydrogens is 432 g/mol. The van der Waals surface area contributed by atoms with Gasteiger partial charge in [0.1, 0.15) is 34.7 Å². The average Bonchev–Trinajstić information content (AvgIpc) is 3.32. The molecule has 8 nitrogen and oxygen atoms in total. The predicted molar refractivity (Wildman–Crippen MR) is 127 cm³/mol. The van der Waals surface area contributed by atoms with Gasteiger partial charge in [0.2, 0.25) is 0 Å². The number of hydrogen-bond acceptors (Lipinski definition) is 8. The molecule has 0 aliphatic rings. The van der Waals surface area contributed by atoms with Crippen molar-refractivity contribution >= 4 is 28.6 Å². The molecule has 0 radical (unpaired) electrons. The second-order valence-electron chi connectivity index (χ2n) is 7.30. The van der Waals surface area contributed by atoms with E-state index in [1.165, 1.54) is 6.33 Å². The average molecular weight is 452 g/mol. The van der Waals surface area contributed by atoms with Crippen molar-refractivity contribution in [3.8, 4) is 22.8 Å². The number of carbonyl (C=O) groups excluding carboxylic acids is 1. The number of hydrogen-bond donors (Lipinski definition) is 1. The van der Waals surface area contributed by atoms with Gasteiger partial charge in [-0.3, -0.25) is 0 Å². The Hall–Kier alpha value is -4.72. The molecule has 0 unspecified atom stereocenters. The molecule has 1 N–H and O–H groups in total. The van der Waals surface area contributed by atoms with E-state index in [-0.39, 0.29) is 5.97 Å². The largest absolute Gasteiger partial charge is 0.462 e. The van der Waals surface area contributed by atoms with E-state index in [1.54, 1.807) is 31.2 Å². The Balaban J connectivity index is 1.33. The van der Waals surface area contributed by atoms with Gasteiger partial charge in [-0.15, -0.1) is 0 Å².